The summed E-state index contributed by atoms with van der Waals surface area (Å²) in [5.74, 6) is 3.46. The maximum atomic E-state index is 12.9. The van der Waals surface area contributed by atoms with Gasteiger partial charge in [0.25, 0.3) is 11.8 Å². The minimum atomic E-state index is -1.01. The number of carboxylic acid groups (broad SMARTS) is 1. The predicted molar refractivity (Wildman–Crippen MR) is 277 cm³/mol. The van der Waals surface area contributed by atoms with Crippen LogP contribution in [0.2, 0.25) is 0 Å². The van der Waals surface area contributed by atoms with Crippen molar-refractivity contribution in [3.8, 4) is 23.3 Å². The highest BCUT2D eigenvalue weighted by Gasteiger charge is 2.29. The van der Waals surface area contributed by atoms with Gasteiger partial charge in [0.15, 0.2) is 46.0 Å². The fraction of sp³-hybridized carbons (Fsp3) is 0.283. The molecule has 0 saturated carbocycles. The minimum absolute atomic E-state index is 0.00342. The number of carbonyl (C=O) groups excluding carboxylic acids is 3. The van der Waals surface area contributed by atoms with Crippen molar-refractivity contribution in [3.05, 3.63) is 132 Å². The number of nitrogens with zero attached hydrogens (tertiary/aromatic N) is 10. The lowest BCUT2D eigenvalue weighted by atomic mass is 9.97. The number of carboxylic acids is 1. The van der Waals surface area contributed by atoms with Gasteiger partial charge in [-0.15, -0.1) is 10.2 Å². The number of imidazole rings is 2. The Morgan fingerprint density at radius 2 is 1.00 bits per heavy atom. The van der Waals surface area contributed by atoms with Crippen LogP contribution in [0.5, 0.6) is 23.3 Å². The molecule has 0 aliphatic carbocycles. The van der Waals surface area contributed by atoms with Gasteiger partial charge in [0, 0.05) is 87.1 Å². The predicted octanol–water partition coefficient (Wildman–Crippen LogP) is 7.45. The fourth-order valence-corrected chi connectivity index (χ4v) is 9.06. The molecule has 6 aromatic heterocycles. The van der Waals surface area contributed by atoms with E-state index < -0.39 is 11.9 Å². The van der Waals surface area contributed by atoms with Gasteiger partial charge in [0.05, 0.1) is 58.1 Å². The van der Waals surface area contributed by atoms with Gasteiger partial charge in [-0.1, -0.05) is 24.3 Å². The molecule has 2 unspecified atom stereocenters. The second-order valence-corrected chi connectivity index (χ2v) is 17.7. The third-order valence-electron chi connectivity index (χ3n) is 12.9. The molecule has 8 aromatic rings. The van der Waals surface area contributed by atoms with Crippen molar-refractivity contribution in [2.45, 2.75) is 25.7 Å². The summed E-state index contributed by atoms with van der Waals surface area (Å²) >= 11 is 0. The molecule has 0 amide bonds. The normalized spacial score (nSPS) is 15.0. The molecule has 10 rings (SSSR count). The molecule has 2 aromatic carbocycles. The van der Waals surface area contributed by atoms with Crippen LogP contribution in [0.15, 0.2) is 110 Å². The summed E-state index contributed by atoms with van der Waals surface area (Å²) in [5, 5.41) is 25.1. The summed E-state index contributed by atoms with van der Waals surface area (Å²) in [4.78, 5) is 70.5. The Morgan fingerprint density at radius 3 is 1.40 bits per heavy atom. The molecule has 2 aliphatic heterocycles. The van der Waals surface area contributed by atoms with E-state index in [1.165, 1.54) is 33.5 Å². The summed E-state index contributed by atoms with van der Waals surface area (Å²) in [7, 11) is 7.53. The first-order chi connectivity index (χ1) is 36.4. The summed E-state index contributed by atoms with van der Waals surface area (Å²) in [6, 6.07) is 23.7. The topological polar surface area (TPSA) is 251 Å². The molecule has 2 saturated heterocycles. The van der Waals surface area contributed by atoms with E-state index in [4.69, 9.17) is 39.0 Å². The number of aromatic carboxylic acids is 1. The smallest absolute Gasteiger partial charge is 0.337 e. The van der Waals surface area contributed by atoms with Crippen LogP contribution in [0.3, 0.4) is 0 Å². The first-order valence-corrected chi connectivity index (χ1v) is 23.9. The van der Waals surface area contributed by atoms with Gasteiger partial charge in [-0.3, -0.25) is 9.59 Å². The molecule has 2 atom stereocenters. The number of rotatable bonds is 18. The molecule has 8 heterocycles. The van der Waals surface area contributed by atoms with E-state index in [0.29, 0.717) is 88.8 Å². The molecule has 3 N–H and O–H groups in total. The lowest BCUT2D eigenvalue weighted by molar-refractivity contribution is 0.0599. The Kier molecular flexibility index (Phi) is 15.3. The lowest BCUT2D eigenvalue weighted by Gasteiger charge is -2.19. The Hall–Kier alpha value is -9.34. The quantitative estimate of drug-likeness (QED) is 0.0557. The second kappa shape index (κ2) is 22.6. The minimum Gasteiger partial charge on any atom is -0.491 e. The number of esters is 1. The second-order valence-electron chi connectivity index (χ2n) is 17.7. The number of pyridine rings is 2. The molecule has 75 heavy (non-hydrogen) atoms. The van der Waals surface area contributed by atoms with Crippen LogP contribution in [0.25, 0.3) is 11.3 Å². The summed E-state index contributed by atoms with van der Waals surface area (Å²) < 4.78 is 29.3. The van der Waals surface area contributed by atoms with Crippen LogP contribution in [0, 0.1) is 11.8 Å². The molecule has 0 radical (unpaired) electrons. The number of nitrogens with one attached hydrogen (secondary N) is 2. The van der Waals surface area contributed by atoms with Crippen molar-refractivity contribution in [3.63, 3.8) is 0 Å². The number of carbonyl (C=O) groups is 4. The average Bonchev–Trinajstić information content (AvgIpc) is 4.30. The van der Waals surface area contributed by atoms with Crippen molar-refractivity contribution in [1.82, 2.24) is 39.2 Å². The zero-order chi connectivity index (χ0) is 52.6. The third kappa shape index (κ3) is 11.5. The van der Waals surface area contributed by atoms with Crippen LogP contribution in [-0.4, -0.2) is 130 Å². The number of ether oxygens (including phenoxy) is 5. The molecule has 0 spiro atoms. The van der Waals surface area contributed by atoms with Crippen molar-refractivity contribution >= 4 is 69.4 Å². The number of ketones is 2. The van der Waals surface area contributed by atoms with E-state index in [1.54, 1.807) is 109 Å². The Balaban J connectivity index is 0.000000184. The zero-order valence-electron chi connectivity index (χ0n) is 41.8. The number of hydrogen-bond acceptors (Lipinski definition) is 19. The Morgan fingerprint density at radius 1 is 0.573 bits per heavy atom. The van der Waals surface area contributed by atoms with Crippen LogP contribution in [-0.2, 0) is 4.74 Å². The number of anilines is 6. The van der Waals surface area contributed by atoms with Gasteiger partial charge in [-0.05, 0) is 73.2 Å². The molecule has 2 fully saturated rings. The molecule has 22 heteroatoms. The SMILES string of the molecule is COC(=O)c1ccc(C(=O)CC2CCN(c3cc(Nc4ccc(OC)c(OC)n4)c4nccn4n3)C2)cc1.COc1ccc(Nc2cc(N3CCC(CC(=O)c4ccc(C(=O)O)cc4)C3)nn3ccnc23)nc1OC. The van der Waals surface area contributed by atoms with Crippen LogP contribution < -0.4 is 39.4 Å². The first kappa shape index (κ1) is 50.6. The van der Waals surface area contributed by atoms with Gasteiger partial charge >= 0.3 is 11.9 Å². The van der Waals surface area contributed by atoms with E-state index in [2.05, 4.69) is 40.4 Å². The molecular formula is C53H54N12O10. The van der Waals surface area contributed by atoms with E-state index >= 15 is 0 Å². The summed E-state index contributed by atoms with van der Waals surface area (Å²) in [6.07, 6.45) is 9.47. The molecule has 0 bridgehead atoms. The standard InChI is InChI=1S/C27H28N6O5.C26H26N6O5/c1-36-22-8-9-23(30-26(22)37-2)29-20-15-24(31-33-13-11-28-25(20)33)32-12-10-17(16-32)14-21(34)18-4-6-19(7-5-18)27(35)38-3;1-36-21-7-8-22(29-25(21)37-2)28-19-14-23(30-32-12-10-27-24(19)32)31-11-9-16(15-31)13-20(33)17-3-5-18(6-4-17)26(34)35/h4-9,11,13,15,17H,10,12,14,16H2,1-3H3,(H,29,30);3-8,10,12,14,16H,9,11,13,15H2,1-2H3,(H,28,29)(H,34,35). The van der Waals surface area contributed by atoms with Gasteiger partial charge in [-0.2, -0.15) is 9.97 Å². The molecule has 2 aliphatic rings. The monoisotopic (exact) mass is 1020 g/mol. The third-order valence-corrected chi connectivity index (χ3v) is 12.9. The molecule has 22 nitrogen and oxygen atoms in total. The number of benzene rings is 2. The van der Waals surface area contributed by atoms with Crippen LogP contribution in [0.4, 0.5) is 34.6 Å². The van der Waals surface area contributed by atoms with Gasteiger partial charge < -0.3 is 49.2 Å². The highest BCUT2D eigenvalue weighted by atomic mass is 16.5. The van der Waals surface area contributed by atoms with E-state index in [-0.39, 0.29) is 29.0 Å². The van der Waals surface area contributed by atoms with Crippen molar-refractivity contribution in [2.75, 3.05) is 82.2 Å². The summed E-state index contributed by atoms with van der Waals surface area (Å²) in [5.41, 5.74) is 4.47. The zero-order valence-corrected chi connectivity index (χ0v) is 41.8. The number of aromatic nitrogens is 8. The number of methoxy groups -OCH3 is 5. The van der Waals surface area contributed by atoms with Crippen LogP contribution in [0.1, 0.15) is 67.1 Å². The lowest BCUT2D eigenvalue weighted by Crippen LogP contribution is -2.22. The maximum absolute atomic E-state index is 12.9. The number of hydrogen-bond donors (Lipinski definition) is 3. The van der Waals surface area contributed by atoms with E-state index in [1.807, 2.05) is 12.1 Å². The van der Waals surface area contributed by atoms with E-state index in [9.17, 15) is 19.2 Å². The van der Waals surface area contributed by atoms with Gasteiger partial charge in [-0.25, -0.2) is 28.6 Å². The maximum Gasteiger partial charge on any atom is 0.337 e. The largest absolute Gasteiger partial charge is 0.491 e. The Bertz CT molecular complexity index is 3360. The van der Waals surface area contributed by atoms with Gasteiger partial charge in [0.1, 0.15) is 11.6 Å². The highest BCUT2D eigenvalue weighted by molar-refractivity contribution is 5.98. The van der Waals surface area contributed by atoms with Crippen LogP contribution >= 0.6 is 0 Å². The number of fused-ring (bicyclic) bond motifs is 2. The van der Waals surface area contributed by atoms with Crippen molar-refractivity contribution in [2.24, 2.45) is 11.8 Å². The average molecular weight is 1020 g/mol. The number of Topliss-reactive ketones (excluding diaryl/α,β-unsaturated/α-hetero) is 2. The first-order valence-electron chi connectivity index (χ1n) is 23.9. The molecule has 386 valence electrons. The fourth-order valence-electron chi connectivity index (χ4n) is 9.06. The van der Waals surface area contributed by atoms with E-state index in [0.717, 1.165) is 48.9 Å². The van der Waals surface area contributed by atoms with Crippen molar-refractivity contribution in [1.29, 1.82) is 0 Å². The molecular weight excluding hydrogens is 965 g/mol. The van der Waals surface area contributed by atoms with Crippen molar-refractivity contribution < 1.29 is 48.0 Å². The summed E-state index contributed by atoms with van der Waals surface area (Å²) in [6.45, 7) is 2.92. The Labute approximate surface area is 430 Å². The highest BCUT2D eigenvalue weighted by Crippen LogP contribution is 2.34. The van der Waals surface area contributed by atoms with Gasteiger partial charge in [0.2, 0.25) is 0 Å².